The van der Waals surface area contributed by atoms with Gasteiger partial charge in [-0.3, -0.25) is 0 Å². The van der Waals surface area contributed by atoms with Gasteiger partial charge in [-0.05, 0) is 26.0 Å². The number of allylic oxidation sites excluding steroid dienone is 1. The SMILES string of the molecule is C/C=C(\Cc1ccco1)C(=O)OCC. The molecule has 0 spiro atoms. The van der Waals surface area contributed by atoms with E-state index in [2.05, 4.69) is 0 Å². The van der Waals surface area contributed by atoms with Crippen molar-refractivity contribution in [3.05, 3.63) is 35.8 Å². The second-order valence-corrected chi connectivity index (χ2v) is 2.79. The maximum atomic E-state index is 11.4. The molecule has 0 saturated heterocycles. The molecular formula is C11H14O3. The average Bonchev–Trinajstić information content (AvgIpc) is 2.66. The van der Waals surface area contributed by atoms with Gasteiger partial charge >= 0.3 is 5.97 Å². The number of carbonyl (C=O) groups is 1. The van der Waals surface area contributed by atoms with E-state index in [4.69, 9.17) is 9.15 Å². The monoisotopic (exact) mass is 194 g/mol. The Morgan fingerprint density at radius 2 is 2.43 bits per heavy atom. The van der Waals surface area contributed by atoms with Crippen molar-refractivity contribution in [1.29, 1.82) is 0 Å². The molecule has 0 aromatic carbocycles. The van der Waals surface area contributed by atoms with Crippen LogP contribution in [0.25, 0.3) is 0 Å². The molecule has 0 amide bonds. The molecule has 1 aromatic rings. The lowest BCUT2D eigenvalue weighted by atomic mass is 10.1. The van der Waals surface area contributed by atoms with Gasteiger partial charge in [-0.1, -0.05) is 6.08 Å². The predicted octanol–water partition coefficient (Wildman–Crippen LogP) is 2.33. The highest BCUT2D eigenvalue weighted by molar-refractivity contribution is 5.88. The fourth-order valence-corrected chi connectivity index (χ4v) is 1.12. The molecule has 0 radical (unpaired) electrons. The van der Waals surface area contributed by atoms with Crippen molar-refractivity contribution in [3.8, 4) is 0 Å². The van der Waals surface area contributed by atoms with E-state index in [0.717, 1.165) is 5.76 Å². The summed E-state index contributed by atoms with van der Waals surface area (Å²) in [4.78, 5) is 11.4. The highest BCUT2D eigenvalue weighted by atomic mass is 16.5. The van der Waals surface area contributed by atoms with Crippen LogP contribution in [-0.4, -0.2) is 12.6 Å². The number of hydrogen-bond donors (Lipinski definition) is 0. The van der Waals surface area contributed by atoms with E-state index in [-0.39, 0.29) is 5.97 Å². The molecule has 0 saturated carbocycles. The van der Waals surface area contributed by atoms with Crippen LogP contribution in [-0.2, 0) is 16.0 Å². The molecule has 0 fully saturated rings. The Kier molecular flexibility index (Phi) is 3.98. The third-order valence-electron chi connectivity index (χ3n) is 1.83. The van der Waals surface area contributed by atoms with Crippen LogP contribution in [0.5, 0.6) is 0 Å². The molecule has 1 aromatic heterocycles. The molecule has 3 nitrogen and oxygen atoms in total. The summed E-state index contributed by atoms with van der Waals surface area (Å²) in [7, 11) is 0. The summed E-state index contributed by atoms with van der Waals surface area (Å²) < 4.78 is 10.0. The maximum absolute atomic E-state index is 11.4. The van der Waals surface area contributed by atoms with Crippen LogP contribution < -0.4 is 0 Å². The van der Waals surface area contributed by atoms with Crippen molar-refractivity contribution in [2.75, 3.05) is 6.61 Å². The fourth-order valence-electron chi connectivity index (χ4n) is 1.12. The predicted molar refractivity (Wildman–Crippen MR) is 52.8 cm³/mol. The Hall–Kier alpha value is -1.51. The van der Waals surface area contributed by atoms with Crippen molar-refractivity contribution < 1.29 is 13.9 Å². The number of rotatable bonds is 4. The maximum Gasteiger partial charge on any atom is 0.334 e. The van der Waals surface area contributed by atoms with Gasteiger partial charge in [0.1, 0.15) is 5.76 Å². The third-order valence-corrected chi connectivity index (χ3v) is 1.83. The minimum atomic E-state index is -0.272. The first-order valence-corrected chi connectivity index (χ1v) is 4.62. The van der Waals surface area contributed by atoms with E-state index in [9.17, 15) is 4.79 Å². The molecule has 3 heteroatoms. The van der Waals surface area contributed by atoms with Crippen LogP contribution in [0.2, 0.25) is 0 Å². The largest absolute Gasteiger partial charge is 0.469 e. The molecular weight excluding hydrogens is 180 g/mol. The van der Waals surface area contributed by atoms with Gasteiger partial charge in [-0.15, -0.1) is 0 Å². The zero-order valence-electron chi connectivity index (χ0n) is 8.45. The van der Waals surface area contributed by atoms with Crippen molar-refractivity contribution in [3.63, 3.8) is 0 Å². The van der Waals surface area contributed by atoms with E-state index in [1.807, 2.05) is 13.0 Å². The lowest BCUT2D eigenvalue weighted by molar-refractivity contribution is -0.138. The molecule has 0 aliphatic rings. The standard InChI is InChI=1S/C11H14O3/c1-3-9(11(12)13-4-2)8-10-6-5-7-14-10/h3,5-7H,4,8H2,1-2H3/b9-3+. The number of ether oxygens (including phenoxy) is 1. The van der Waals surface area contributed by atoms with Crippen LogP contribution in [0.15, 0.2) is 34.5 Å². The minimum absolute atomic E-state index is 0.272. The van der Waals surface area contributed by atoms with Crippen LogP contribution >= 0.6 is 0 Å². The molecule has 0 N–H and O–H groups in total. The van der Waals surface area contributed by atoms with Crippen molar-refractivity contribution in [1.82, 2.24) is 0 Å². The van der Waals surface area contributed by atoms with Gasteiger partial charge in [0.15, 0.2) is 0 Å². The van der Waals surface area contributed by atoms with Crippen LogP contribution in [0, 0.1) is 0 Å². The summed E-state index contributed by atoms with van der Waals surface area (Å²) in [5.74, 6) is 0.498. The van der Waals surface area contributed by atoms with E-state index in [1.165, 1.54) is 0 Å². The van der Waals surface area contributed by atoms with Crippen LogP contribution in [0.3, 0.4) is 0 Å². The number of esters is 1. The molecule has 0 atom stereocenters. The zero-order chi connectivity index (χ0) is 10.4. The van der Waals surface area contributed by atoms with E-state index in [1.54, 1.807) is 25.3 Å². The van der Waals surface area contributed by atoms with Gasteiger partial charge in [0.2, 0.25) is 0 Å². The second-order valence-electron chi connectivity index (χ2n) is 2.79. The normalized spacial score (nSPS) is 11.4. The van der Waals surface area contributed by atoms with Crippen molar-refractivity contribution >= 4 is 5.97 Å². The quantitative estimate of drug-likeness (QED) is 0.545. The Balaban J connectivity index is 2.61. The molecule has 14 heavy (non-hydrogen) atoms. The van der Waals surface area contributed by atoms with Gasteiger partial charge in [0, 0.05) is 12.0 Å². The van der Waals surface area contributed by atoms with Gasteiger partial charge in [-0.25, -0.2) is 4.79 Å². The lowest BCUT2D eigenvalue weighted by Gasteiger charge is -2.03. The van der Waals surface area contributed by atoms with Gasteiger partial charge < -0.3 is 9.15 Å². The number of furan rings is 1. The summed E-state index contributed by atoms with van der Waals surface area (Å²) in [6.45, 7) is 4.00. The van der Waals surface area contributed by atoms with Gasteiger partial charge in [0.25, 0.3) is 0 Å². The summed E-state index contributed by atoms with van der Waals surface area (Å²) in [6, 6.07) is 3.64. The highest BCUT2D eigenvalue weighted by Crippen LogP contribution is 2.10. The zero-order valence-corrected chi connectivity index (χ0v) is 8.45. The van der Waals surface area contributed by atoms with E-state index in [0.29, 0.717) is 18.6 Å². The Bertz CT molecular complexity index is 309. The molecule has 0 aliphatic carbocycles. The lowest BCUT2D eigenvalue weighted by Crippen LogP contribution is -2.09. The minimum Gasteiger partial charge on any atom is -0.469 e. The molecule has 1 rings (SSSR count). The summed E-state index contributed by atoms with van der Waals surface area (Å²) in [5, 5.41) is 0. The van der Waals surface area contributed by atoms with Crippen LogP contribution in [0.1, 0.15) is 19.6 Å². The Labute approximate surface area is 83.4 Å². The van der Waals surface area contributed by atoms with Gasteiger partial charge in [-0.2, -0.15) is 0 Å². The van der Waals surface area contributed by atoms with Crippen molar-refractivity contribution in [2.45, 2.75) is 20.3 Å². The van der Waals surface area contributed by atoms with Gasteiger partial charge in [0.05, 0.1) is 12.9 Å². The molecule has 0 aliphatic heterocycles. The van der Waals surface area contributed by atoms with Crippen molar-refractivity contribution in [2.24, 2.45) is 0 Å². The van der Waals surface area contributed by atoms with E-state index >= 15 is 0 Å². The van der Waals surface area contributed by atoms with E-state index < -0.39 is 0 Å². The first-order chi connectivity index (χ1) is 6.77. The highest BCUT2D eigenvalue weighted by Gasteiger charge is 2.11. The molecule has 1 heterocycles. The topological polar surface area (TPSA) is 39.4 Å². The first kappa shape index (κ1) is 10.6. The summed E-state index contributed by atoms with van der Waals surface area (Å²) >= 11 is 0. The Morgan fingerprint density at radius 3 is 2.93 bits per heavy atom. The summed E-state index contributed by atoms with van der Waals surface area (Å²) in [6.07, 6.45) is 3.83. The number of carbonyl (C=O) groups excluding carboxylic acids is 1. The van der Waals surface area contributed by atoms with Crippen LogP contribution in [0.4, 0.5) is 0 Å². The third kappa shape index (κ3) is 2.76. The fraction of sp³-hybridized carbons (Fsp3) is 0.364. The first-order valence-electron chi connectivity index (χ1n) is 4.62. The Morgan fingerprint density at radius 1 is 1.64 bits per heavy atom. The smallest absolute Gasteiger partial charge is 0.334 e. The number of hydrogen-bond acceptors (Lipinski definition) is 3. The summed E-state index contributed by atoms with van der Waals surface area (Å²) in [5.41, 5.74) is 0.627. The molecule has 0 bridgehead atoms. The molecule has 76 valence electrons. The average molecular weight is 194 g/mol. The molecule has 0 unspecified atom stereocenters. The second kappa shape index (κ2) is 5.27.